The number of esters is 3. The van der Waals surface area contributed by atoms with Crippen LogP contribution >= 0.6 is 0 Å². The first kappa shape index (κ1) is 54.2. The molecule has 6 heteroatoms. The van der Waals surface area contributed by atoms with Crippen LogP contribution in [0.15, 0.2) is 12.2 Å². The van der Waals surface area contributed by atoms with Gasteiger partial charge in [-0.25, -0.2) is 0 Å². The molecule has 6 nitrogen and oxygen atoms in total. The number of unbranched alkanes of at least 4 members (excludes halogenated alkanes) is 32. The SMILES string of the molecule is CCCCCC/C=C\CCCC(=O)OCC(COC(=O)CCCCCCCCCCCCCCCCCCCC)OC(=O)CCCCCCCCCCCCC. The standard InChI is InChI=1S/C50H94O6/c1-4-7-10-13-16-19-21-22-23-24-25-26-27-29-31-34-37-40-43-49(52)55-46-47(45-54-48(51)42-39-36-33-30-18-15-12-9-6-3)56-50(53)44-41-38-35-32-28-20-17-14-11-8-5-2/h30,33,47H,4-29,31-32,34-46H2,1-3H3/b33-30-. The summed E-state index contributed by atoms with van der Waals surface area (Å²) >= 11 is 0. The molecule has 0 amide bonds. The number of hydrogen-bond donors (Lipinski definition) is 0. The molecule has 1 atom stereocenters. The average molecular weight is 791 g/mol. The van der Waals surface area contributed by atoms with Gasteiger partial charge < -0.3 is 14.2 Å². The third-order valence-corrected chi connectivity index (χ3v) is 11.0. The Morgan fingerprint density at radius 2 is 0.607 bits per heavy atom. The summed E-state index contributed by atoms with van der Waals surface area (Å²) in [4.78, 5) is 37.7. The average Bonchev–Trinajstić information content (AvgIpc) is 3.19. The van der Waals surface area contributed by atoms with Crippen LogP contribution in [-0.2, 0) is 28.6 Å². The van der Waals surface area contributed by atoms with Crippen molar-refractivity contribution >= 4 is 17.9 Å². The van der Waals surface area contributed by atoms with Crippen LogP contribution < -0.4 is 0 Å². The van der Waals surface area contributed by atoms with Crippen molar-refractivity contribution in [3.05, 3.63) is 12.2 Å². The molecule has 56 heavy (non-hydrogen) atoms. The van der Waals surface area contributed by atoms with E-state index in [1.807, 2.05) is 0 Å². The summed E-state index contributed by atoms with van der Waals surface area (Å²) in [7, 11) is 0. The summed E-state index contributed by atoms with van der Waals surface area (Å²) < 4.78 is 16.7. The van der Waals surface area contributed by atoms with E-state index in [0.29, 0.717) is 19.3 Å². The highest BCUT2D eigenvalue weighted by molar-refractivity contribution is 5.71. The Kier molecular flexibility index (Phi) is 44.3. The topological polar surface area (TPSA) is 78.9 Å². The Labute approximate surface area is 348 Å². The van der Waals surface area contributed by atoms with E-state index in [0.717, 1.165) is 57.8 Å². The molecule has 0 spiro atoms. The molecule has 0 aromatic heterocycles. The van der Waals surface area contributed by atoms with Gasteiger partial charge in [-0.1, -0.05) is 226 Å². The fraction of sp³-hybridized carbons (Fsp3) is 0.900. The van der Waals surface area contributed by atoms with Gasteiger partial charge in [0.2, 0.25) is 0 Å². The van der Waals surface area contributed by atoms with E-state index in [1.165, 1.54) is 173 Å². The van der Waals surface area contributed by atoms with Gasteiger partial charge in [0.25, 0.3) is 0 Å². The molecule has 0 radical (unpaired) electrons. The monoisotopic (exact) mass is 791 g/mol. The molecule has 0 aromatic carbocycles. The number of rotatable bonds is 45. The van der Waals surface area contributed by atoms with Crippen molar-refractivity contribution in [1.29, 1.82) is 0 Å². The van der Waals surface area contributed by atoms with Gasteiger partial charge in [0.05, 0.1) is 0 Å². The normalized spacial score (nSPS) is 12.0. The predicted molar refractivity (Wildman–Crippen MR) is 238 cm³/mol. The Bertz CT molecular complexity index is 870. The molecule has 0 rings (SSSR count). The third-order valence-electron chi connectivity index (χ3n) is 11.0. The van der Waals surface area contributed by atoms with Crippen LogP contribution in [0.2, 0.25) is 0 Å². The maximum atomic E-state index is 12.7. The van der Waals surface area contributed by atoms with E-state index in [4.69, 9.17) is 14.2 Å². The molecule has 0 fully saturated rings. The molecular weight excluding hydrogens is 697 g/mol. The Balaban J connectivity index is 4.24. The zero-order chi connectivity index (χ0) is 40.8. The predicted octanol–water partition coefficient (Wildman–Crippen LogP) is 15.8. The zero-order valence-electron chi connectivity index (χ0n) is 37.7. The van der Waals surface area contributed by atoms with Gasteiger partial charge in [-0.05, 0) is 38.5 Å². The summed E-state index contributed by atoms with van der Waals surface area (Å²) in [6, 6.07) is 0. The molecule has 0 heterocycles. The minimum Gasteiger partial charge on any atom is -0.462 e. The minimum atomic E-state index is -0.772. The quantitative estimate of drug-likeness (QED) is 0.0264. The maximum Gasteiger partial charge on any atom is 0.306 e. The van der Waals surface area contributed by atoms with Crippen molar-refractivity contribution in [1.82, 2.24) is 0 Å². The van der Waals surface area contributed by atoms with Crippen LogP contribution in [-0.4, -0.2) is 37.2 Å². The lowest BCUT2D eigenvalue weighted by Crippen LogP contribution is -2.30. The Morgan fingerprint density at radius 1 is 0.339 bits per heavy atom. The van der Waals surface area contributed by atoms with Crippen molar-refractivity contribution in [3.63, 3.8) is 0 Å². The highest BCUT2D eigenvalue weighted by atomic mass is 16.6. The lowest BCUT2D eigenvalue weighted by atomic mass is 10.0. The van der Waals surface area contributed by atoms with E-state index in [-0.39, 0.29) is 31.1 Å². The van der Waals surface area contributed by atoms with Gasteiger partial charge in [-0.2, -0.15) is 0 Å². The molecule has 0 aliphatic rings. The van der Waals surface area contributed by atoms with Gasteiger partial charge in [-0.15, -0.1) is 0 Å². The van der Waals surface area contributed by atoms with Crippen molar-refractivity contribution < 1.29 is 28.6 Å². The highest BCUT2D eigenvalue weighted by Crippen LogP contribution is 2.16. The molecular formula is C50H94O6. The van der Waals surface area contributed by atoms with E-state index < -0.39 is 6.10 Å². The zero-order valence-corrected chi connectivity index (χ0v) is 37.7. The van der Waals surface area contributed by atoms with Crippen LogP contribution in [0.3, 0.4) is 0 Å². The van der Waals surface area contributed by atoms with Gasteiger partial charge in [0, 0.05) is 19.3 Å². The molecule has 0 aliphatic heterocycles. The van der Waals surface area contributed by atoms with Gasteiger partial charge >= 0.3 is 17.9 Å². The van der Waals surface area contributed by atoms with Gasteiger partial charge in [0.1, 0.15) is 13.2 Å². The first-order valence-corrected chi connectivity index (χ1v) is 24.7. The number of carbonyl (C=O) groups is 3. The van der Waals surface area contributed by atoms with Crippen LogP contribution in [0.1, 0.15) is 271 Å². The van der Waals surface area contributed by atoms with Crippen molar-refractivity contribution in [2.75, 3.05) is 13.2 Å². The molecule has 0 saturated carbocycles. The smallest absolute Gasteiger partial charge is 0.306 e. The summed E-state index contributed by atoms with van der Waals surface area (Å²) in [5, 5.41) is 0. The maximum absolute atomic E-state index is 12.7. The lowest BCUT2D eigenvalue weighted by Gasteiger charge is -2.18. The van der Waals surface area contributed by atoms with Crippen molar-refractivity contribution in [3.8, 4) is 0 Å². The lowest BCUT2D eigenvalue weighted by molar-refractivity contribution is -0.167. The summed E-state index contributed by atoms with van der Waals surface area (Å²) in [5.74, 6) is -0.899. The second kappa shape index (κ2) is 45.8. The van der Waals surface area contributed by atoms with Crippen LogP contribution in [0.5, 0.6) is 0 Å². The number of ether oxygens (including phenoxy) is 3. The van der Waals surface area contributed by atoms with Crippen LogP contribution in [0.4, 0.5) is 0 Å². The molecule has 0 bridgehead atoms. The van der Waals surface area contributed by atoms with E-state index >= 15 is 0 Å². The van der Waals surface area contributed by atoms with Crippen LogP contribution in [0, 0.1) is 0 Å². The highest BCUT2D eigenvalue weighted by Gasteiger charge is 2.19. The number of allylic oxidation sites excluding steroid dienone is 2. The van der Waals surface area contributed by atoms with Gasteiger partial charge in [-0.3, -0.25) is 14.4 Å². The van der Waals surface area contributed by atoms with E-state index in [1.54, 1.807) is 0 Å². The molecule has 1 unspecified atom stereocenters. The second-order valence-electron chi connectivity index (χ2n) is 16.7. The second-order valence-corrected chi connectivity index (χ2v) is 16.7. The molecule has 330 valence electrons. The molecule has 0 aliphatic carbocycles. The van der Waals surface area contributed by atoms with E-state index in [9.17, 15) is 14.4 Å². The van der Waals surface area contributed by atoms with Crippen molar-refractivity contribution in [2.24, 2.45) is 0 Å². The van der Waals surface area contributed by atoms with E-state index in [2.05, 4.69) is 32.9 Å². The summed E-state index contributed by atoms with van der Waals surface area (Å²) in [6.07, 6.45) is 49.2. The number of hydrogen-bond acceptors (Lipinski definition) is 6. The fourth-order valence-electron chi connectivity index (χ4n) is 7.27. The summed E-state index contributed by atoms with van der Waals surface area (Å²) in [6.45, 7) is 6.60. The molecule has 0 N–H and O–H groups in total. The minimum absolute atomic E-state index is 0.0735. The number of carbonyl (C=O) groups excluding carboxylic acids is 3. The van der Waals surface area contributed by atoms with Gasteiger partial charge in [0.15, 0.2) is 6.10 Å². The first-order chi connectivity index (χ1) is 27.5. The summed E-state index contributed by atoms with van der Waals surface area (Å²) in [5.41, 5.74) is 0. The first-order valence-electron chi connectivity index (χ1n) is 24.7. The van der Waals surface area contributed by atoms with Crippen LogP contribution in [0.25, 0.3) is 0 Å². The fourth-order valence-corrected chi connectivity index (χ4v) is 7.27. The Hall–Kier alpha value is -1.85. The van der Waals surface area contributed by atoms with Crippen molar-refractivity contribution in [2.45, 2.75) is 277 Å². The molecule has 0 saturated heterocycles. The third kappa shape index (κ3) is 43.3. The molecule has 0 aromatic rings. The Morgan fingerprint density at radius 3 is 0.964 bits per heavy atom. The largest absolute Gasteiger partial charge is 0.462 e.